The monoisotopic (exact) mass is 1130 g/mol. The average Bonchev–Trinajstić information content (AvgIpc) is 2.33. The molecule has 5 aromatic rings. The van der Waals surface area contributed by atoms with Crippen molar-refractivity contribution in [3.63, 3.8) is 0 Å². The summed E-state index contributed by atoms with van der Waals surface area (Å²) in [6, 6.07) is 36.5. The summed E-state index contributed by atoms with van der Waals surface area (Å²) in [5, 5.41) is 35.3. The molecule has 428 valence electrons. The maximum Gasteiger partial charge on any atom is 0.453 e. The highest BCUT2D eigenvalue weighted by Crippen LogP contribution is 2.54. The quantitative estimate of drug-likeness (QED) is 0.0129. The number of aromatic carboxylic acids is 1. The molecule has 19 nitrogen and oxygen atoms in total. The Balaban J connectivity index is 0.888. The number of carbonyl (C=O) groups is 6. The van der Waals surface area contributed by atoms with Crippen molar-refractivity contribution in [1.82, 2.24) is 26.6 Å². The summed E-state index contributed by atoms with van der Waals surface area (Å²) < 4.78 is 33.0. The zero-order chi connectivity index (χ0) is 58.4. The van der Waals surface area contributed by atoms with E-state index >= 15 is 0 Å². The maximum atomic E-state index is 14.9. The summed E-state index contributed by atoms with van der Waals surface area (Å²) in [7, 11) is -4.21. The molecule has 1 saturated carbocycles. The SMILES string of the molecule is CC(C)[C@H](NC(=O)C1(NC(=O)[C@H](CCCCN)NC(=O)[C@H](Cc2ccccc2)NC(=O)CCCCCNC(=O)c2ccc(C(=O)O)c(-c3c4ccc(=O)cc-4oc4cc(O)ccc34)c2)CC1)P(=O)(Oc1ccccc1)Oc1ccccc1. The standard InChI is InChI=1S/C62H67N6O13P/c1-39(2)59(82(78,80-44-19-9-4-10-20-44)81-45-21-11-5-12-22-45)67-61(77)62(31-32-62)68-58(74)50(23-14-15-33-63)66-57(73)51(35-40-17-7-3-8-18-40)65-54(71)24-13-6-16-34-64-56(72)41-25-28-46(60(75)76)49(36-41)55-47-29-26-42(69)37-52(47)79-53-38-43(70)27-30-48(53)55/h3-5,7-12,17-22,25-30,36-39,50-51,59,69H,6,13-16,23-24,31-35,63H2,1-2H3,(H,64,72)(H,65,71)(H,66,73)(H,67,77)(H,68,74)(H,75,76)/t50-,51-,59+/m0/s1. The number of hydrogen-bond acceptors (Lipinski definition) is 13. The smallest absolute Gasteiger partial charge is 0.453 e. The molecule has 0 unspecified atom stereocenters. The van der Waals surface area contributed by atoms with Crippen molar-refractivity contribution in [2.45, 2.75) is 101 Å². The number of para-hydroxylation sites is 2. The first kappa shape index (κ1) is 59.3. The van der Waals surface area contributed by atoms with Gasteiger partial charge in [-0.2, -0.15) is 0 Å². The summed E-state index contributed by atoms with van der Waals surface area (Å²) in [5.41, 5.74) is 6.16. The maximum absolute atomic E-state index is 14.9. The summed E-state index contributed by atoms with van der Waals surface area (Å²) >= 11 is 0. The lowest BCUT2D eigenvalue weighted by atomic mass is 9.89. The van der Waals surface area contributed by atoms with Crippen LogP contribution in [0.5, 0.6) is 17.2 Å². The second kappa shape index (κ2) is 27.1. The lowest BCUT2D eigenvalue weighted by molar-refractivity contribution is -0.134. The molecule has 20 heteroatoms. The van der Waals surface area contributed by atoms with Crippen LogP contribution in [-0.4, -0.2) is 82.2 Å². The Labute approximate surface area is 474 Å². The molecule has 1 heterocycles. The Morgan fingerprint density at radius 2 is 1.38 bits per heavy atom. The molecule has 5 aromatic carbocycles. The van der Waals surface area contributed by atoms with Crippen molar-refractivity contribution in [1.29, 1.82) is 0 Å². The third kappa shape index (κ3) is 15.1. The van der Waals surface area contributed by atoms with Crippen molar-refractivity contribution in [2.24, 2.45) is 11.7 Å². The van der Waals surface area contributed by atoms with Gasteiger partial charge in [0.15, 0.2) is 11.2 Å². The van der Waals surface area contributed by atoms with Gasteiger partial charge in [-0.1, -0.05) is 87.0 Å². The van der Waals surface area contributed by atoms with Gasteiger partial charge in [-0.15, -0.1) is 0 Å². The first-order valence-corrected chi connectivity index (χ1v) is 29.0. The van der Waals surface area contributed by atoms with Crippen molar-refractivity contribution in [3.8, 4) is 39.7 Å². The van der Waals surface area contributed by atoms with Gasteiger partial charge in [-0.3, -0.25) is 28.8 Å². The number of fused-ring (bicyclic) bond motifs is 2. The van der Waals surface area contributed by atoms with E-state index in [1.54, 1.807) is 80.6 Å². The zero-order valence-electron chi connectivity index (χ0n) is 45.6. The van der Waals surface area contributed by atoms with Gasteiger partial charge in [-0.05, 0) is 135 Å². The van der Waals surface area contributed by atoms with E-state index in [4.69, 9.17) is 19.2 Å². The third-order valence-electron chi connectivity index (χ3n) is 14.1. The predicted molar refractivity (Wildman–Crippen MR) is 310 cm³/mol. The minimum Gasteiger partial charge on any atom is -0.508 e. The number of benzene rings is 6. The van der Waals surface area contributed by atoms with Gasteiger partial charge in [-0.25, -0.2) is 9.36 Å². The van der Waals surface area contributed by atoms with Crippen molar-refractivity contribution in [2.75, 3.05) is 13.1 Å². The molecular formula is C62H67N6O13P. The van der Waals surface area contributed by atoms with Gasteiger partial charge in [0.05, 0.1) is 5.56 Å². The average molecular weight is 1140 g/mol. The molecular weight excluding hydrogens is 1070 g/mol. The molecule has 0 saturated heterocycles. The lowest BCUT2D eigenvalue weighted by Crippen LogP contribution is -2.59. The Morgan fingerprint density at radius 1 is 0.707 bits per heavy atom. The van der Waals surface area contributed by atoms with E-state index in [1.807, 2.05) is 30.3 Å². The first-order valence-electron chi connectivity index (χ1n) is 27.4. The minimum atomic E-state index is -4.21. The van der Waals surface area contributed by atoms with Crippen LogP contribution in [0.15, 0.2) is 155 Å². The van der Waals surface area contributed by atoms with Crippen LogP contribution in [-0.2, 0) is 30.2 Å². The van der Waals surface area contributed by atoms with Gasteiger partial charge < -0.3 is 56.0 Å². The minimum absolute atomic E-state index is 0.0402. The van der Waals surface area contributed by atoms with E-state index in [2.05, 4.69) is 26.6 Å². The number of phenolic OH excluding ortho intramolecular Hbond substituents is 1. The number of phenols is 1. The number of aromatic hydroxyl groups is 1. The van der Waals surface area contributed by atoms with Crippen LogP contribution in [0, 0.1) is 5.92 Å². The highest BCUT2D eigenvalue weighted by Gasteiger charge is 2.54. The Kier molecular flexibility index (Phi) is 19.6. The highest BCUT2D eigenvalue weighted by molar-refractivity contribution is 7.55. The first-order chi connectivity index (χ1) is 39.5. The summed E-state index contributed by atoms with van der Waals surface area (Å²) in [4.78, 5) is 94.9. The van der Waals surface area contributed by atoms with E-state index in [0.29, 0.717) is 55.2 Å². The van der Waals surface area contributed by atoms with Crippen molar-refractivity contribution < 1.29 is 57.0 Å². The Bertz CT molecular complexity index is 3440. The molecule has 9 N–H and O–H groups in total. The van der Waals surface area contributed by atoms with Gasteiger partial charge >= 0.3 is 13.6 Å². The number of rotatable bonds is 28. The molecule has 2 aliphatic carbocycles. The van der Waals surface area contributed by atoms with E-state index < -0.39 is 72.4 Å². The summed E-state index contributed by atoms with van der Waals surface area (Å²) in [6.45, 7) is 4.11. The van der Waals surface area contributed by atoms with Crippen molar-refractivity contribution >= 4 is 54.1 Å². The number of nitrogens with one attached hydrogen (secondary N) is 5. The largest absolute Gasteiger partial charge is 0.508 e. The lowest BCUT2D eigenvalue weighted by Gasteiger charge is -2.32. The number of unbranched alkanes of at least 4 members (excludes halogenated alkanes) is 3. The molecule has 1 aliphatic heterocycles. The van der Waals surface area contributed by atoms with Gasteiger partial charge in [0.1, 0.15) is 46.2 Å². The van der Waals surface area contributed by atoms with E-state index in [0.717, 1.165) is 5.56 Å². The molecule has 1 fully saturated rings. The van der Waals surface area contributed by atoms with Crippen LogP contribution in [0.1, 0.15) is 97.9 Å². The Morgan fingerprint density at radius 3 is 2.01 bits per heavy atom. The molecule has 0 spiro atoms. The van der Waals surface area contributed by atoms with Crippen LogP contribution in [0.3, 0.4) is 0 Å². The Hall–Kier alpha value is -8.80. The fourth-order valence-corrected chi connectivity index (χ4v) is 11.7. The second-order valence-corrected chi connectivity index (χ2v) is 22.7. The molecule has 0 bridgehead atoms. The van der Waals surface area contributed by atoms with Gasteiger partial charge in [0, 0.05) is 53.6 Å². The molecule has 0 aromatic heterocycles. The normalized spacial score (nSPS) is 13.8. The van der Waals surface area contributed by atoms with Crippen molar-refractivity contribution in [3.05, 3.63) is 173 Å². The number of hydrogen-bond donors (Lipinski definition) is 8. The van der Waals surface area contributed by atoms with Crippen LogP contribution < -0.4 is 46.8 Å². The number of carboxylic acids is 1. The van der Waals surface area contributed by atoms with E-state index in [9.17, 15) is 48.3 Å². The fourth-order valence-electron chi connectivity index (χ4n) is 9.61. The van der Waals surface area contributed by atoms with Crippen LogP contribution in [0.2, 0.25) is 0 Å². The molecule has 3 aliphatic rings. The molecule has 8 rings (SSSR count). The van der Waals surface area contributed by atoms with E-state index in [-0.39, 0.29) is 89.4 Å². The number of carbonyl (C=O) groups excluding carboxylic acids is 5. The van der Waals surface area contributed by atoms with Crippen LogP contribution >= 0.6 is 7.60 Å². The molecule has 0 radical (unpaired) electrons. The summed E-state index contributed by atoms with van der Waals surface area (Å²) in [5.74, 6) is -4.97. The second-order valence-electron chi connectivity index (χ2n) is 20.7. The van der Waals surface area contributed by atoms with Gasteiger partial charge in [0.25, 0.3) is 5.91 Å². The highest BCUT2D eigenvalue weighted by atomic mass is 31.2. The number of amides is 5. The summed E-state index contributed by atoms with van der Waals surface area (Å²) in [6.07, 6.45) is 3.27. The van der Waals surface area contributed by atoms with Crippen LogP contribution in [0.4, 0.5) is 0 Å². The van der Waals surface area contributed by atoms with Crippen LogP contribution in [0.25, 0.3) is 33.4 Å². The zero-order valence-corrected chi connectivity index (χ0v) is 46.5. The molecule has 82 heavy (non-hydrogen) atoms. The van der Waals surface area contributed by atoms with Gasteiger partial charge in [0.2, 0.25) is 23.6 Å². The number of nitrogens with two attached hydrogens (primary N) is 1. The molecule has 3 atom stereocenters. The number of carboxylic acid groups (broad SMARTS) is 1. The fraction of sp³-hybridized carbons (Fsp3) is 0.306. The third-order valence-corrected chi connectivity index (χ3v) is 16.4. The van der Waals surface area contributed by atoms with E-state index in [1.165, 1.54) is 48.5 Å². The molecule has 5 amide bonds. The topological polar surface area (TPSA) is 295 Å². The predicted octanol–water partition coefficient (Wildman–Crippen LogP) is 8.70.